The SMILES string of the molecule is CCCCCC1CCC(c2ccc(C(=O)Nc3ccc(-c4ccc(N5C(=O)c6c(C)cc7c(c6C5C)-c5c(c6c(c8ccccc58)OC(c5ccc(OC)cc5)(c5ccc(OCCCC)cc5)C=C6)C7(C)C)cc4)cc3)cc2)CC1. The van der Waals surface area contributed by atoms with Gasteiger partial charge in [-0.25, -0.2) is 0 Å². The van der Waals surface area contributed by atoms with Gasteiger partial charge in [-0.05, 0) is 180 Å². The van der Waals surface area contributed by atoms with Crippen molar-refractivity contribution in [3.63, 3.8) is 0 Å². The average molecular weight is 1060 g/mol. The third-order valence-corrected chi connectivity index (χ3v) is 18.2. The molecule has 0 saturated heterocycles. The maximum absolute atomic E-state index is 15.0. The molecule has 4 aliphatic rings. The van der Waals surface area contributed by atoms with Gasteiger partial charge in [-0.1, -0.05) is 157 Å². The van der Waals surface area contributed by atoms with Gasteiger partial charge in [0.2, 0.25) is 0 Å². The van der Waals surface area contributed by atoms with E-state index in [0.29, 0.717) is 18.1 Å². The zero-order valence-corrected chi connectivity index (χ0v) is 47.6. The van der Waals surface area contributed by atoms with E-state index in [-0.39, 0.29) is 17.9 Å². The van der Waals surface area contributed by atoms with Gasteiger partial charge in [-0.3, -0.25) is 9.59 Å². The number of fused-ring (bicyclic) bond motifs is 10. The van der Waals surface area contributed by atoms with Crippen molar-refractivity contribution in [2.75, 3.05) is 23.9 Å². The van der Waals surface area contributed by atoms with Crippen LogP contribution >= 0.6 is 0 Å². The van der Waals surface area contributed by atoms with Crippen LogP contribution in [-0.4, -0.2) is 25.5 Å². The molecule has 0 radical (unpaired) electrons. The van der Waals surface area contributed by atoms with Crippen LogP contribution in [0.15, 0.2) is 158 Å². The second-order valence-corrected chi connectivity index (χ2v) is 23.5. The summed E-state index contributed by atoms with van der Waals surface area (Å²) in [7, 11) is 1.69. The van der Waals surface area contributed by atoms with Crippen molar-refractivity contribution in [1.82, 2.24) is 0 Å². The minimum absolute atomic E-state index is 0.0124. The van der Waals surface area contributed by atoms with E-state index in [2.05, 4.69) is 150 Å². The van der Waals surface area contributed by atoms with Crippen molar-refractivity contribution in [2.45, 2.75) is 129 Å². The quantitative estimate of drug-likeness (QED) is 0.0976. The molecule has 2 aliphatic heterocycles. The monoisotopic (exact) mass is 1060 g/mol. The Kier molecular flexibility index (Phi) is 14.3. The lowest BCUT2D eigenvalue weighted by Crippen LogP contribution is -2.35. The van der Waals surface area contributed by atoms with Gasteiger partial charge in [0.15, 0.2) is 5.60 Å². The number of nitrogens with zero attached hydrogens (tertiary/aromatic N) is 1. The molecule has 0 bridgehead atoms. The molecule has 7 heteroatoms. The van der Waals surface area contributed by atoms with Gasteiger partial charge < -0.3 is 24.4 Å². The molecule has 1 fully saturated rings. The highest BCUT2D eigenvalue weighted by Gasteiger charge is 2.49. The molecule has 8 aromatic rings. The van der Waals surface area contributed by atoms with E-state index in [1.54, 1.807) is 7.11 Å². The summed E-state index contributed by atoms with van der Waals surface area (Å²) < 4.78 is 19.4. The van der Waals surface area contributed by atoms with Crippen LogP contribution in [0.4, 0.5) is 11.4 Å². The molecule has 80 heavy (non-hydrogen) atoms. The Morgan fingerprint density at radius 2 is 1.35 bits per heavy atom. The van der Waals surface area contributed by atoms with Crippen LogP contribution < -0.4 is 24.4 Å². The second kappa shape index (κ2) is 21.6. The van der Waals surface area contributed by atoms with Crippen LogP contribution in [0.1, 0.15) is 176 Å². The third-order valence-electron chi connectivity index (χ3n) is 18.2. The molecule has 2 amide bonds. The first-order valence-corrected chi connectivity index (χ1v) is 29.4. The smallest absolute Gasteiger partial charge is 0.259 e. The number of anilines is 2. The second-order valence-electron chi connectivity index (χ2n) is 23.5. The highest BCUT2D eigenvalue weighted by Crippen LogP contribution is 2.61. The molecule has 1 saturated carbocycles. The van der Waals surface area contributed by atoms with Gasteiger partial charge >= 0.3 is 0 Å². The first-order valence-electron chi connectivity index (χ1n) is 29.4. The van der Waals surface area contributed by atoms with Crippen molar-refractivity contribution >= 4 is 40.0 Å². The zero-order chi connectivity index (χ0) is 55.3. The van der Waals surface area contributed by atoms with Gasteiger partial charge in [0.1, 0.15) is 17.2 Å². The summed E-state index contributed by atoms with van der Waals surface area (Å²) in [5, 5.41) is 5.23. The van der Waals surface area contributed by atoms with E-state index in [9.17, 15) is 4.79 Å². The highest BCUT2D eigenvalue weighted by atomic mass is 16.5. The lowest BCUT2D eigenvalue weighted by atomic mass is 9.76. The molecular formula is C73H74N2O5. The summed E-state index contributed by atoms with van der Waals surface area (Å²) in [5.41, 5.74) is 14.9. The normalized spacial score (nSPS) is 19.5. The molecule has 12 rings (SSSR count). The molecule has 2 atom stereocenters. The van der Waals surface area contributed by atoms with Crippen LogP contribution in [0, 0.1) is 12.8 Å². The number of methoxy groups -OCH3 is 1. The van der Waals surface area contributed by atoms with Crippen LogP contribution in [-0.2, 0) is 11.0 Å². The first-order chi connectivity index (χ1) is 38.9. The minimum atomic E-state index is -0.955. The minimum Gasteiger partial charge on any atom is -0.497 e. The Labute approximate surface area is 473 Å². The molecule has 0 spiro atoms. The molecule has 2 heterocycles. The van der Waals surface area contributed by atoms with Crippen molar-refractivity contribution in [3.05, 3.63) is 213 Å². The van der Waals surface area contributed by atoms with Gasteiger partial charge in [0, 0.05) is 50.0 Å². The van der Waals surface area contributed by atoms with Crippen molar-refractivity contribution in [2.24, 2.45) is 5.92 Å². The Balaban J connectivity index is 0.812. The molecule has 2 unspecified atom stereocenters. The lowest BCUT2D eigenvalue weighted by Gasteiger charge is -2.38. The Morgan fingerprint density at radius 3 is 2.00 bits per heavy atom. The number of ether oxygens (including phenoxy) is 3. The fourth-order valence-electron chi connectivity index (χ4n) is 13.8. The maximum Gasteiger partial charge on any atom is 0.259 e. The van der Waals surface area contributed by atoms with E-state index in [1.807, 2.05) is 65.6 Å². The average Bonchev–Trinajstić information content (AvgIpc) is 3.78. The number of hydrogen-bond donors (Lipinski definition) is 1. The molecule has 7 nitrogen and oxygen atoms in total. The number of carbonyl (C=O) groups is 2. The number of nitrogens with one attached hydrogen (secondary N) is 1. The highest BCUT2D eigenvalue weighted by molar-refractivity contribution is 6.17. The molecule has 406 valence electrons. The predicted octanol–water partition coefficient (Wildman–Crippen LogP) is 18.5. The predicted molar refractivity (Wildman–Crippen MR) is 327 cm³/mol. The van der Waals surface area contributed by atoms with E-state index >= 15 is 4.79 Å². The molecule has 8 aromatic carbocycles. The zero-order valence-electron chi connectivity index (χ0n) is 47.6. The summed E-state index contributed by atoms with van der Waals surface area (Å²) in [5.74, 6) is 3.82. The van der Waals surface area contributed by atoms with Crippen LogP contribution in [0.5, 0.6) is 17.2 Å². The van der Waals surface area contributed by atoms with Gasteiger partial charge in [-0.2, -0.15) is 0 Å². The van der Waals surface area contributed by atoms with Crippen LogP contribution in [0.2, 0.25) is 0 Å². The number of aryl methyl sites for hydroxylation is 1. The largest absolute Gasteiger partial charge is 0.497 e. The van der Waals surface area contributed by atoms with Crippen molar-refractivity contribution < 1.29 is 23.8 Å². The number of amides is 2. The van der Waals surface area contributed by atoms with E-state index in [1.165, 1.54) is 73.6 Å². The molecule has 1 N–H and O–H groups in total. The van der Waals surface area contributed by atoms with Crippen LogP contribution in [0.3, 0.4) is 0 Å². The number of hydrogen-bond acceptors (Lipinski definition) is 5. The number of carbonyl (C=O) groups excluding carboxylic acids is 2. The van der Waals surface area contributed by atoms with Crippen molar-refractivity contribution in [1.29, 1.82) is 0 Å². The standard InChI is InChI=1S/C73H74N2O5/c1-8-10-12-15-48-18-20-49(21-19-48)50-22-24-53(25-23-50)70(76)74-56-34-26-51(27-35-56)52-28-36-57(37-29-52)75-47(4)65-64(71(75)77)46(3)45-63-67(65)66-60-16-13-14-17-61(60)69-62(68(66)72(63,5)6)42-43-73(80-69,54-30-38-58(78-7)39-31-54)55-32-40-59(41-33-55)79-44-11-9-2/h13-14,16-17,22-43,45,47-49H,8-12,15,18-21,44H2,1-7H3,(H,74,76). The van der Waals surface area contributed by atoms with E-state index < -0.39 is 11.0 Å². The molecular weight excluding hydrogens is 985 g/mol. The molecule has 2 aliphatic carbocycles. The number of unbranched alkanes of at least 4 members (excludes halogenated alkanes) is 3. The van der Waals surface area contributed by atoms with Gasteiger partial charge in [0.25, 0.3) is 11.8 Å². The van der Waals surface area contributed by atoms with E-state index in [4.69, 9.17) is 14.2 Å². The summed E-state index contributed by atoms with van der Waals surface area (Å²) >= 11 is 0. The Morgan fingerprint density at radius 1 is 0.713 bits per heavy atom. The van der Waals surface area contributed by atoms with Crippen LogP contribution in [0.25, 0.3) is 39.1 Å². The number of benzene rings is 8. The topological polar surface area (TPSA) is 77.1 Å². The fourth-order valence-corrected chi connectivity index (χ4v) is 13.8. The van der Waals surface area contributed by atoms with Crippen molar-refractivity contribution in [3.8, 4) is 39.5 Å². The number of rotatable bonds is 16. The third kappa shape index (κ3) is 9.26. The Hall–Kier alpha value is -7.90. The molecule has 0 aromatic heterocycles. The maximum atomic E-state index is 15.0. The Bertz CT molecular complexity index is 3640. The fraction of sp³-hybridized carbons (Fsp3) is 0.315. The summed E-state index contributed by atoms with van der Waals surface area (Å²) in [6.45, 7) is 14.1. The lowest BCUT2D eigenvalue weighted by molar-refractivity contribution is 0.0990. The summed E-state index contributed by atoms with van der Waals surface area (Å²) in [6.07, 6.45) is 17.1. The summed E-state index contributed by atoms with van der Waals surface area (Å²) in [6, 6.07) is 51.8. The van der Waals surface area contributed by atoms with Gasteiger partial charge in [-0.15, -0.1) is 0 Å². The van der Waals surface area contributed by atoms with Gasteiger partial charge in [0.05, 0.1) is 19.8 Å². The van der Waals surface area contributed by atoms with E-state index in [0.717, 1.165) is 108 Å². The summed E-state index contributed by atoms with van der Waals surface area (Å²) in [4.78, 5) is 30.4. The first kappa shape index (κ1) is 52.8.